The van der Waals surface area contributed by atoms with Gasteiger partial charge < -0.3 is 24.4 Å². The number of hydrogen-bond donors (Lipinski definition) is 1. The number of benzene rings is 3. The monoisotopic (exact) mass is 500 g/mol. The second-order valence-electron chi connectivity index (χ2n) is 9.37. The Morgan fingerprint density at radius 2 is 1.65 bits per heavy atom. The fourth-order valence-corrected chi connectivity index (χ4v) is 4.38. The molecular weight excluding hydrogens is 468 g/mol. The second-order valence-corrected chi connectivity index (χ2v) is 9.37. The summed E-state index contributed by atoms with van der Waals surface area (Å²) in [7, 11) is 5.38. The van der Waals surface area contributed by atoms with Gasteiger partial charge in [0.2, 0.25) is 0 Å². The van der Waals surface area contributed by atoms with Gasteiger partial charge in [0.15, 0.2) is 0 Å². The van der Waals surface area contributed by atoms with Crippen LogP contribution in [-0.2, 0) is 16.2 Å². The number of likely N-dealkylation sites (N-methyl/N-ethyl adjacent to an activating group) is 1. The minimum Gasteiger partial charge on any atom is -0.507 e. The number of hydrogen-bond acceptors (Lipinski definition) is 6. The number of aryl methyl sites for hydroxylation is 1. The third kappa shape index (κ3) is 5.84. The van der Waals surface area contributed by atoms with E-state index in [0.29, 0.717) is 36.8 Å². The molecule has 1 atom stereocenters. The third-order valence-corrected chi connectivity index (χ3v) is 6.38. The number of ketones is 1. The van der Waals surface area contributed by atoms with Crippen molar-refractivity contribution in [2.75, 3.05) is 34.3 Å². The Kier molecular flexibility index (Phi) is 7.94. The molecule has 4 rings (SSSR count). The first-order chi connectivity index (χ1) is 17.8. The van der Waals surface area contributed by atoms with E-state index < -0.39 is 17.7 Å². The summed E-state index contributed by atoms with van der Waals surface area (Å²) in [5.74, 6) is -0.234. The SMILES string of the molecule is COc1ccc([C@H]2/C(=C(\O)c3ccc(OCc4cccc(C)c4)cc3)C(=O)C(=O)N2CCN(C)C)cc1. The molecule has 0 saturated carbocycles. The van der Waals surface area contributed by atoms with Gasteiger partial charge in [-0.05, 0) is 68.5 Å². The first kappa shape index (κ1) is 26.0. The van der Waals surface area contributed by atoms with Crippen LogP contribution < -0.4 is 9.47 Å². The quantitative estimate of drug-likeness (QED) is 0.264. The zero-order chi connectivity index (χ0) is 26.5. The third-order valence-electron chi connectivity index (χ3n) is 6.38. The van der Waals surface area contributed by atoms with Gasteiger partial charge in [-0.2, -0.15) is 0 Å². The van der Waals surface area contributed by atoms with E-state index in [0.717, 1.165) is 16.7 Å². The fourth-order valence-electron chi connectivity index (χ4n) is 4.38. The van der Waals surface area contributed by atoms with Crippen LogP contribution in [0.3, 0.4) is 0 Å². The predicted octanol–water partition coefficient (Wildman–Crippen LogP) is 4.57. The molecule has 0 aromatic heterocycles. The van der Waals surface area contributed by atoms with Crippen LogP contribution in [0.1, 0.15) is 28.3 Å². The van der Waals surface area contributed by atoms with Gasteiger partial charge in [-0.1, -0.05) is 42.0 Å². The lowest BCUT2D eigenvalue weighted by atomic mass is 9.95. The average molecular weight is 501 g/mol. The van der Waals surface area contributed by atoms with Crippen LogP contribution in [0.4, 0.5) is 0 Å². The summed E-state index contributed by atoms with van der Waals surface area (Å²) >= 11 is 0. The van der Waals surface area contributed by atoms with Crippen molar-refractivity contribution in [3.8, 4) is 11.5 Å². The van der Waals surface area contributed by atoms with Gasteiger partial charge >= 0.3 is 0 Å². The summed E-state index contributed by atoms with van der Waals surface area (Å²) in [5, 5.41) is 11.3. The van der Waals surface area contributed by atoms with Crippen molar-refractivity contribution in [3.05, 3.63) is 101 Å². The van der Waals surface area contributed by atoms with Crippen molar-refractivity contribution in [2.24, 2.45) is 0 Å². The molecule has 3 aromatic rings. The Balaban J connectivity index is 1.64. The molecule has 1 N–H and O–H groups in total. The molecule has 0 aliphatic carbocycles. The van der Waals surface area contributed by atoms with Gasteiger partial charge in [0.1, 0.15) is 23.9 Å². The maximum Gasteiger partial charge on any atom is 0.295 e. The van der Waals surface area contributed by atoms with E-state index in [1.807, 2.05) is 56.3 Å². The van der Waals surface area contributed by atoms with E-state index in [4.69, 9.17) is 9.47 Å². The van der Waals surface area contributed by atoms with Crippen molar-refractivity contribution in [3.63, 3.8) is 0 Å². The highest BCUT2D eigenvalue weighted by Crippen LogP contribution is 2.39. The number of nitrogens with zero attached hydrogens (tertiary/aromatic N) is 2. The fraction of sp³-hybridized carbons (Fsp3) is 0.267. The molecule has 1 heterocycles. The number of methoxy groups -OCH3 is 1. The van der Waals surface area contributed by atoms with Crippen LogP contribution in [0.25, 0.3) is 5.76 Å². The minimum absolute atomic E-state index is 0.0716. The first-order valence-corrected chi connectivity index (χ1v) is 12.1. The molecule has 1 amide bonds. The van der Waals surface area contributed by atoms with Gasteiger partial charge in [-0.3, -0.25) is 9.59 Å². The van der Waals surface area contributed by atoms with Gasteiger partial charge in [0, 0.05) is 18.7 Å². The summed E-state index contributed by atoms with van der Waals surface area (Å²) < 4.78 is 11.1. The summed E-state index contributed by atoms with van der Waals surface area (Å²) in [6, 6.07) is 21.4. The molecule has 0 bridgehead atoms. The van der Waals surface area contributed by atoms with Gasteiger partial charge in [0.25, 0.3) is 11.7 Å². The Hall–Kier alpha value is -4.10. The van der Waals surface area contributed by atoms with E-state index in [2.05, 4.69) is 6.07 Å². The normalized spacial score (nSPS) is 16.9. The number of aliphatic hydroxyl groups excluding tert-OH is 1. The van der Waals surface area contributed by atoms with Gasteiger partial charge in [0.05, 0.1) is 18.7 Å². The Bertz CT molecular complexity index is 1300. The highest BCUT2D eigenvalue weighted by atomic mass is 16.5. The maximum absolute atomic E-state index is 13.2. The predicted molar refractivity (Wildman–Crippen MR) is 143 cm³/mol. The van der Waals surface area contributed by atoms with Crippen LogP contribution in [0, 0.1) is 6.92 Å². The van der Waals surface area contributed by atoms with Crippen molar-refractivity contribution in [1.29, 1.82) is 0 Å². The highest BCUT2D eigenvalue weighted by molar-refractivity contribution is 6.46. The molecule has 7 heteroatoms. The van der Waals surface area contributed by atoms with Crippen LogP contribution in [0.2, 0.25) is 0 Å². The highest BCUT2D eigenvalue weighted by Gasteiger charge is 2.45. The molecule has 7 nitrogen and oxygen atoms in total. The molecule has 1 saturated heterocycles. The van der Waals surface area contributed by atoms with Crippen molar-refractivity contribution >= 4 is 17.4 Å². The number of carbonyl (C=O) groups is 2. The standard InChI is InChI=1S/C30H32N2O5/c1-20-6-5-7-21(18-20)19-37-25-14-10-23(11-15-25)28(33)26-27(22-8-12-24(36-4)13-9-22)32(17-16-31(2)3)30(35)29(26)34/h5-15,18,27,33H,16-17,19H2,1-4H3/b28-26+/t27-/m0/s1. The maximum atomic E-state index is 13.2. The zero-order valence-corrected chi connectivity index (χ0v) is 21.6. The molecular formula is C30H32N2O5. The Morgan fingerprint density at radius 3 is 2.27 bits per heavy atom. The van der Waals surface area contributed by atoms with E-state index in [-0.39, 0.29) is 11.3 Å². The molecule has 37 heavy (non-hydrogen) atoms. The molecule has 0 radical (unpaired) electrons. The van der Waals surface area contributed by atoms with E-state index in [9.17, 15) is 14.7 Å². The number of likely N-dealkylation sites (tertiary alicyclic amines) is 1. The minimum atomic E-state index is -0.705. The molecule has 3 aromatic carbocycles. The smallest absolute Gasteiger partial charge is 0.295 e. The molecule has 0 unspecified atom stereocenters. The lowest BCUT2D eigenvalue weighted by Gasteiger charge is -2.26. The number of carbonyl (C=O) groups excluding carboxylic acids is 2. The summed E-state index contributed by atoms with van der Waals surface area (Å²) in [4.78, 5) is 29.7. The molecule has 1 fully saturated rings. The molecule has 0 spiro atoms. The number of rotatable bonds is 9. The molecule has 1 aliphatic heterocycles. The second kappa shape index (κ2) is 11.3. The Morgan fingerprint density at radius 1 is 0.973 bits per heavy atom. The molecule has 192 valence electrons. The first-order valence-electron chi connectivity index (χ1n) is 12.1. The lowest BCUT2D eigenvalue weighted by Crippen LogP contribution is -2.35. The van der Waals surface area contributed by atoms with Crippen LogP contribution in [0.15, 0.2) is 78.4 Å². The average Bonchev–Trinajstić information content (AvgIpc) is 3.15. The van der Waals surface area contributed by atoms with Crippen molar-refractivity contribution in [1.82, 2.24) is 9.80 Å². The summed E-state index contributed by atoms with van der Waals surface area (Å²) in [6.45, 7) is 3.37. The van der Waals surface area contributed by atoms with Gasteiger partial charge in [-0.25, -0.2) is 0 Å². The van der Waals surface area contributed by atoms with Crippen LogP contribution in [-0.4, -0.2) is 60.9 Å². The number of aliphatic hydroxyl groups is 1. The van der Waals surface area contributed by atoms with E-state index >= 15 is 0 Å². The number of amides is 1. The van der Waals surface area contributed by atoms with Crippen LogP contribution in [0.5, 0.6) is 11.5 Å². The Labute approximate surface area is 217 Å². The molecule has 1 aliphatic rings. The van der Waals surface area contributed by atoms with Crippen LogP contribution >= 0.6 is 0 Å². The number of ether oxygens (including phenoxy) is 2. The van der Waals surface area contributed by atoms with E-state index in [1.165, 1.54) is 4.90 Å². The summed E-state index contributed by atoms with van der Waals surface area (Å²) in [5.41, 5.74) is 3.45. The van der Waals surface area contributed by atoms with Crippen molar-refractivity contribution in [2.45, 2.75) is 19.6 Å². The summed E-state index contributed by atoms with van der Waals surface area (Å²) in [6.07, 6.45) is 0. The number of Topliss-reactive ketones (excluding diaryl/α,β-unsaturated/α-hetero) is 1. The zero-order valence-electron chi connectivity index (χ0n) is 21.6. The largest absolute Gasteiger partial charge is 0.507 e. The van der Waals surface area contributed by atoms with Gasteiger partial charge in [-0.15, -0.1) is 0 Å². The lowest BCUT2D eigenvalue weighted by molar-refractivity contribution is -0.140. The topological polar surface area (TPSA) is 79.3 Å². The van der Waals surface area contributed by atoms with Crippen molar-refractivity contribution < 1.29 is 24.2 Å². The van der Waals surface area contributed by atoms with E-state index in [1.54, 1.807) is 43.5 Å².